The minimum absolute atomic E-state index is 0.239. The second kappa shape index (κ2) is 9.61. The Hall–Kier alpha value is -2.72. The Morgan fingerprint density at radius 1 is 0.968 bits per heavy atom. The maximum absolute atomic E-state index is 12.7. The molecule has 0 bridgehead atoms. The van der Waals surface area contributed by atoms with Crippen molar-refractivity contribution in [3.63, 3.8) is 0 Å². The zero-order chi connectivity index (χ0) is 21.7. The first kappa shape index (κ1) is 21.5. The summed E-state index contributed by atoms with van der Waals surface area (Å²) in [6.07, 6.45) is 0. The van der Waals surface area contributed by atoms with Crippen molar-refractivity contribution >= 4 is 27.3 Å². The van der Waals surface area contributed by atoms with Crippen molar-refractivity contribution in [1.82, 2.24) is 9.62 Å². The molecule has 1 N–H and O–H groups in total. The van der Waals surface area contributed by atoms with Gasteiger partial charge in [0.25, 0.3) is 15.9 Å². The highest BCUT2D eigenvalue weighted by Gasteiger charge is 2.27. The Morgan fingerprint density at radius 2 is 1.65 bits per heavy atom. The number of hydrogen-bond acceptors (Lipinski definition) is 6. The van der Waals surface area contributed by atoms with E-state index < -0.39 is 10.0 Å². The zero-order valence-electron chi connectivity index (χ0n) is 16.7. The van der Waals surface area contributed by atoms with Gasteiger partial charge in [-0.25, -0.2) is 8.42 Å². The van der Waals surface area contributed by atoms with E-state index in [1.54, 1.807) is 36.4 Å². The largest absolute Gasteiger partial charge is 0.457 e. The molecule has 0 radical (unpaired) electrons. The summed E-state index contributed by atoms with van der Waals surface area (Å²) in [5, 5.41) is 2.83. The molecular weight excluding hydrogens is 436 g/mol. The maximum Gasteiger partial charge on any atom is 0.252 e. The molecule has 2 heterocycles. The third-order valence-corrected chi connectivity index (χ3v) is 8.17. The van der Waals surface area contributed by atoms with Gasteiger partial charge in [-0.05, 0) is 48.5 Å². The summed E-state index contributed by atoms with van der Waals surface area (Å²) in [4.78, 5) is 13.2. The lowest BCUT2D eigenvalue weighted by Gasteiger charge is -2.25. The van der Waals surface area contributed by atoms with E-state index in [0.717, 1.165) is 10.6 Å². The predicted molar refractivity (Wildman–Crippen MR) is 118 cm³/mol. The van der Waals surface area contributed by atoms with Crippen LogP contribution in [0.25, 0.3) is 0 Å². The van der Waals surface area contributed by atoms with Crippen molar-refractivity contribution in [2.75, 3.05) is 26.3 Å². The SMILES string of the molecule is O=C(NCc1ccc(S(=O)(=O)N2CCOCC2)s1)c1ccc(Oc2ccccc2)cc1. The van der Waals surface area contributed by atoms with E-state index in [9.17, 15) is 13.2 Å². The summed E-state index contributed by atoms with van der Waals surface area (Å²) in [6, 6.07) is 19.6. The summed E-state index contributed by atoms with van der Waals surface area (Å²) < 4.78 is 38.1. The number of carbonyl (C=O) groups is 1. The van der Waals surface area contributed by atoms with E-state index >= 15 is 0 Å². The van der Waals surface area contributed by atoms with Gasteiger partial charge in [0.1, 0.15) is 15.7 Å². The van der Waals surface area contributed by atoms with Gasteiger partial charge < -0.3 is 14.8 Å². The van der Waals surface area contributed by atoms with Crippen LogP contribution in [0.3, 0.4) is 0 Å². The molecule has 7 nitrogen and oxygen atoms in total. The first-order valence-corrected chi connectivity index (χ1v) is 12.1. The van der Waals surface area contributed by atoms with Crippen LogP contribution in [-0.2, 0) is 21.3 Å². The fraction of sp³-hybridized carbons (Fsp3) is 0.227. The van der Waals surface area contributed by atoms with Gasteiger partial charge >= 0.3 is 0 Å². The highest BCUT2D eigenvalue weighted by molar-refractivity contribution is 7.91. The minimum Gasteiger partial charge on any atom is -0.457 e. The lowest BCUT2D eigenvalue weighted by atomic mass is 10.2. The summed E-state index contributed by atoms with van der Waals surface area (Å²) in [6.45, 7) is 1.78. The summed E-state index contributed by atoms with van der Waals surface area (Å²) in [7, 11) is -3.52. The molecule has 1 aromatic heterocycles. The summed E-state index contributed by atoms with van der Waals surface area (Å²) >= 11 is 1.17. The van der Waals surface area contributed by atoms with Crippen LogP contribution in [0, 0.1) is 0 Å². The molecule has 0 aliphatic carbocycles. The van der Waals surface area contributed by atoms with Crippen molar-refractivity contribution < 1.29 is 22.7 Å². The van der Waals surface area contributed by atoms with Gasteiger partial charge in [-0.3, -0.25) is 4.79 Å². The number of thiophene rings is 1. The Kier molecular flexibility index (Phi) is 6.67. The van der Waals surface area contributed by atoms with Crippen LogP contribution >= 0.6 is 11.3 Å². The molecule has 3 aromatic rings. The number of amides is 1. The highest BCUT2D eigenvalue weighted by Crippen LogP contribution is 2.26. The van der Waals surface area contributed by atoms with Crippen LogP contribution in [-0.4, -0.2) is 44.9 Å². The molecular formula is C22H22N2O5S2. The molecule has 1 aliphatic rings. The summed E-state index contributed by atoms with van der Waals surface area (Å²) in [5.74, 6) is 1.12. The normalized spacial score (nSPS) is 14.8. The van der Waals surface area contributed by atoms with Gasteiger partial charge in [-0.1, -0.05) is 18.2 Å². The number of nitrogens with one attached hydrogen (secondary N) is 1. The number of morpholine rings is 1. The van der Waals surface area contributed by atoms with Gasteiger partial charge in [-0.15, -0.1) is 11.3 Å². The lowest BCUT2D eigenvalue weighted by molar-refractivity contribution is 0.0731. The Bertz CT molecular complexity index is 1120. The fourth-order valence-electron chi connectivity index (χ4n) is 3.07. The van der Waals surface area contributed by atoms with E-state index in [-0.39, 0.29) is 16.7 Å². The van der Waals surface area contributed by atoms with Crippen LogP contribution in [0.4, 0.5) is 0 Å². The number of nitrogens with zero attached hydrogens (tertiary/aromatic N) is 1. The van der Waals surface area contributed by atoms with E-state index in [4.69, 9.17) is 9.47 Å². The molecule has 0 atom stereocenters. The summed E-state index contributed by atoms with van der Waals surface area (Å²) in [5.41, 5.74) is 0.498. The molecule has 1 amide bonds. The maximum atomic E-state index is 12.7. The monoisotopic (exact) mass is 458 g/mol. The molecule has 31 heavy (non-hydrogen) atoms. The van der Waals surface area contributed by atoms with Crippen LogP contribution in [0.5, 0.6) is 11.5 Å². The number of benzene rings is 2. The van der Waals surface area contributed by atoms with Crippen molar-refractivity contribution in [2.45, 2.75) is 10.8 Å². The Balaban J connectivity index is 1.34. The van der Waals surface area contributed by atoms with Gasteiger partial charge in [-0.2, -0.15) is 4.31 Å². The number of ether oxygens (including phenoxy) is 2. The number of sulfonamides is 1. The number of hydrogen-bond donors (Lipinski definition) is 1. The van der Waals surface area contributed by atoms with Crippen LogP contribution in [0.2, 0.25) is 0 Å². The Morgan fingerprint density at radius 3 is 2.35 bits per heavy atom. The second-order valence-electron chi connectivity index (χ2n) is 6.86. The standard InChI is InChI=1S/C22H22N2O5S2/c25-22(17-6-8-19(9-7-17)29-18-4-2-1-3-5-18)23-16-20-10-11-21(30-20)31(26,27)24-12-14-28-15-13-24/h1-11H,12-16H2,(H,23,25). The third-order valence-electron chi connectivity index (χ3n) is 4.72. The smallest absolute Gasteiger partial charge is 0.252 e. The van der Waals surface area contributed by atoms with E-state index in [2.05, 4.69) is 5.32 Å². The van der Waals surface area contributed by atoms with Crippen LogP contribution in [0.1, 0.15) is 15.2 Å². The molecule has 2 aromatic carbocycles. The van der Waals surface area contributed by atoms with Crippen molar-refractivity contribution in [1.29, 1.82) is 0 Å². The van der Waals surface area contributed by atoms with Gasteiger partial charge in [0.15, 0.2) is 0 Å². The lowest BCUT2D eigenvalue weighted by Crippen LogP contribution is -2.40. The third kappa shape index (κ3) is 5.31. The fourth-order valence-corrected chi connectivity index (χ4v) is 5.93. The quantitative estimate of drug-likeness (QED) is 0.586. The number of carbonyl (C=O) groups excluding carboxylic acids is 1. The Labute approximate surface area is 185 Å². The van der Waals surface area contributed by atoms with E-state index in [1.807, 2.05) is 30.3 Å². The zero-order valence-corrected chi connectivity index (χ0v) is 18.3. The minimum atomic E-state index is -3.52. The molecule has 9 heteroatoms. The van der Waals surface area contributed by atoms with E-state index in [1.165, 1.54) is 15.6 Å². The predicted octanol–water partition coefficient (Wildman–Crippen LogP) is 3.49. The van der Waals surface area contributed by atoms with Crippen molar-refractivity contribution in [3.8, 4) is 11.5 Å². The molecule has 1 saturated heterocycles. The molecule has 0 spiro atoms. The van der Waals surface area contributed by atoms with Crippen LogP contribution in [0.15, 0.2) is 70.9 Å². The first-order chi connectivity index (χ1) is 15.0. The van der Waals surface area contributed by atoms with Crippen LogP contribution < -0.4 is 10.1 Å². The topological polar surface area (TPSA) is 84.9 Å². The highest BCUT2D eigenvalue weighted by atomic mass is 32.2. The van der Waals surface area contributed by atoms with Gasteiger partial charge in [0.05, 0.1) is 19.8 Å². The average Bonchev–Trinajstić information content (AvgIpc) is 3.29. The molecule has 4 rings (SSSR count). The average molecular weight is 459 g/mol. The molecule has 0 unspecified atom stereocenters. The van der Waals surface area contributed by atoms with Crippen molar-refractivity contribution in [2.24, 2.45) is 0 Å². The van der Waals surface area contributed by atoms with Crippen molar-refractivity contribution in [3.05, 3.63) is 77.2 Å². The van der Waals surface area contributed by atoms with E-state index in [0.29, 0.717) is 37.6 Å². The molecule has 0 saturated carbocycles. The van der Waals surface area contributed by atoms with Gasteiger partial charge in [0, 0.05) is 23.5 Å². The number of rotatable bonds is 7. The molecule has 1 aliphatic heterocycles. The first-order valence-electron chi connectivity index (χ1n) is 9.80. The molecule has 1 fully saturated rings. The number of para-hydroxylation sites is 1. The second-order valence-corrected chi connectivity index (χ2v) is 10.2. The van der Waals surface area contributed by atoms with Gasteiger partial charge in [0.2, 0.25) is 0 Å². The molecule has 162 valence electrons.